The van der Waals surface area contributed by atoms with Gasteiger partial charge in [0.1, 0.15) is 35.5 Å². The lowest BCUT2D eigenvalue weighted by Crippen LogP contribution is -2.42. The molecule has 19 heavy (non-hydrogen) atoms. The van der Waals surface area contributed by atoms with Crippen LogP contribution in [0, 0.1) is 0 Å². The molecule has 0 spiro atoms. The van der Waals surface area contributed by atoms with Crippen LogP contribution in [0.3, 0.4) is 0 Å². The average Bonchev–Trinajstić information content (AvgIpc) is 2.60. The number of nitrogens with one attached hydrogen (secondary N) is 1. The number of aromatic hydroxyl groups is 1. The van der Waals surface area contributed by atoms with Crippen LogP contribution in [0.2, 0.25) is 0 Å². The Bertz CT molecular complexity index is 512. The third-order valence-corrected chi connectivity index (χ3v) is 3.14. The second kappa shape index (κ2) is 4.62. The van der Waals surface area contributed by atoms with Gasteiger partial charge in [-0.1, -0.05) is 0 Å². The van der Waals surface area contributed by atoms with Crippen LogP contribution in [0.4, 0.5) is 0 Å². The third-order valence-electron chi connectivity index (χ3n) is 3.14. The summed E-state index contributed by atoms with van der Waals surface area (Å²) in [4.78, 5) is 11.4. The molecule has 6 heteroatoms. The number of carbonyl (C=O) groups excluding carboxylic acids is 1. The quantitative estimate of drug-likeness (QED) is 0.751. The van der Waals surface area contributed by atoms with Gasteiger partial charge in [-0.2, -0.15) is 0 Å². The zero-order chi connectivity index (χ0) is 14.2. The second-order valence-corrected chi connectivity index (χ2v) is 4.92. The van der Waals surface area contributed by atoms with Gasteiger partial charge in [-0.15, -0.1) is 0 Å². The molecule has 1 aliphatic rings. The molecule has 0 bridgehead atoms. The molecule has 1 aromatic rings. The number of amides is 1. The van der Waals surface area contributed by atoms with Crippen molar-refractivity contribution in [3.63, 3.8) is 0 Å². The molecule has 1 aliphatic heterocycles. The molecule has 0 aromatic heterocycles. The summed E-state index contributed by atoms with van der Waals surface area (Å²) in [5.41, 5.74) is -0.232. The van der Waals surface area contributed by atoms with Gasteiger partial charge in [-0.05, 0) is 13.8 Å². The number of benzene rings is 1. The molecule has 0 saturated carbocycles. The van der Waals surface area contributed by atoms with E-state index in [2.05, 4.69) is 5.32 Å². The van der Waals surface area contributed by atoms with Crippen molar-refractivity contribution >= 4 is 5.91 Å². The van der Waals surface area contributed by atoms with E-state index in [-0.39, 0.29) is 5.75 Å². The maximum atomic E-state index is 11.4. The van der Waals surface area contributed by atoms with Crippen LogP contribution in [-0.2, 0) is 4.79 Å². The molecule has 1 amide bonds. The first-order chi connectivity index (χ1) is 8.89. The van der Waals surface area contributed by atoms with Crippen molar-refractivity contribution in [1.29, 1.82) is 0 Å². The first kappa shape index (κ1) is 13.5. The zero-order valence-electron chi connectivity index (χ0n) is 11.1. The number of aliphatic hydroxyl groups excluding tert-OH is 1. The highest BCUT2D eigenvalue weighted by atomic mass is 16.5. The lowest BCUT2D eigenvalue weighted by atomic mass is 9.93. The van der Waals surface area contributed by atoms with Gasteiger partial charge in [0, 0.05) is 12.1 Å². The number of phenols is 1. The van der Waals surface area contributed by atoms with E-state index in [4.69, 9.17) is 14.6 Å². The molecule has 6 nitrogen and oxygen atoms in total. The summed E-state index contributed by atoms with van der Waals surface area (Å²) in [5.74, 6) is 0.402. The Morgan fingerprint density at radius 1 is 1.53 bits per heavy atom. The van der Waals surface area contributed by atoms with Gasteiger partial charge < -0.3 is 25.0 Å². The molecule has 104 valence electrons. The Kier molecular flexibility index (Phi) is 3.28. The monoisotopic (exact) mass is 267 g/mol. The third kappa shape index (κ3) is 2.31. The summed E-state index contributed by atoms with van der Waals surface area (Å²) in [7, 11) is 1.49. The van der Waals surface area contributed by atoms with Gasteiger partial charge in [0.2, 0.25) is 5.91 Å². The normalized spacial score (nSPS) is 19.5. The van der Waals surface area contributed by atoms with Gasteiger partial charge in [0.25, 0.3) is 0 Å². The number of fused-ring (bicyclic) bond motifs is 1. The number of ether oxygens (including phenoxy) is 2. The van der Waals surface area contributed by atoms with Gasteiger partial charge in [0.05, 0.1) is 12.7 Å². The van der Waals surface area contributed by atoms with Crippen molar-refractivity contribution in [2.24, 2.45) is 0 Å². The van der Waals surface area contributed by atoms with E-state index in [0.29, 0.717) is 17.1 Å². The molecule has 0 saturated heterocycles. The Morgan fingerprint density at radius 3 is 2.79 bits per heavy atom. The van der Waals surface area contributed by atoms with Crippen molar-refractivity contribution in [3.05, 3.63) is 17.7 Å². The fourth-order valence-corrected chi connectivity index (χ4v) is 2.22. The smallest absolute Gasteiger partial charge is 0.246 e. The van der Waals surface area contributed by atoms with E-state index in [9.17, 15) is 9.90 Å². The molecular weight excluding hydrogens is 250 g/mol. The van der Waals surface area contributed by atoms with Gasteiger partial charge >= 0.3 is 0 Å². The highest BCUT2D eigenvalue weighted by molar-refractivity contribution is 5.78. The molecule has 1 atom stereocenters. The largest absolute Gasteiger partial charge is 0.507 e. The molecule has 2 rings (SSSR count). The van der Waals surface area contributed by atoms with Crippen LogP contribution in [0.5, 0.6) is 17.2 Å². The molecule has 0 aliphatic carbocycles. The molecule has 1 heterocycles. The summed E-state index contributed by atoms with van der Waals surface area (Å²) in [5, 5.41) is 21.5. The van der Waals surface area contributed by atoms with Crippen LogP contribution >= 0.6 is 0 Å². The van der Waals surface area contributed by atoms with Crippen molar-refractivity contribution in [2.75, 3.05) is 13.7 Å². The number of rotatable bonds is 3. The van der Waals surface area contributed by atoms with Crippen molar-refractivity contribution < 1.29 is 24.5 Å². The Balaban J connectivity index is 2.44. The first-order valence-corrected chi connectivity index (χ1v) is 5.89. The van der Waals surface area contributed by atoms with E-state index in [1.165, 1.54) is 13.2 Å². The maximum absolute atomic E-state index is 11.4. The summed E-state index contributed by atoms with van der Waals surface area (Å²) in [6.07, 6.45) is 0. The highest BCUT2D eigenvalue weighted by Crippen LogP contribution is 2.49. The SMILES string of the molecule is COc1cc(O)c2c(c1)OC(C)(C)C2NC(=O)CO. The van der Waals surface area contributed by atoms with Crippen LogP contribution in [0.25, 0.3) is 0 Å². The Hall–Kier alpha value is -1.95. The van der Waals surface area contributed by atoms with Crippen LogP contribution in [0.1, 0.15) is 25.5 Å². The van der Waals surface area contributed by atoms with E-state index in [1.54, 1.807) is 19.9 Å². The first-order valence-electron chi connectivity index (χ1n) is 5.89. The Morgan fingerprint density at radius 2 is 2.21 bits per heavy atom. The molecule has 0 radical (unpaired) electrons. The number of methoxy groups -OCH3 is 1. The number of carbonyl (C=O) groups is 1. The predicted molar refractivity (Wildman–Crippen MR) is 67.3 cm³/mol. The van der Waals surface area contributed by atoms with Gasteiger partial charge in [0.15, 0.2) is 0 Å². The molecule has 0 fully saturated rings. The average molecular weight is 267 g/mol. The highest BCUT2D eigenvalue weighted by Gasteiger charge is 2.44. The minimum atomic E-state index is -0.725. The minimum absolute atomic E-state index is 0.0110. The summed E-state index contributed by atoms with van der Waals surface area (Å²) >= 11 is 0. The van der Waals surface area contributed by atoms with E-state index in [0.717, 1.165) is 0 Å². The number of hydrogen-bond acceptors (Lipinski definition) is 5. The van der Waals surface area contributed by atoms with E-state index >= 15 is 0 Å². The molecule has 3 N–H and O–H groups in total. The molecule has 1 unspecified atom stereocenters. The summed E-state index contributed by atoms with van der Waals surface area (Å²) in [6.45, 7) is 2.97. The Labute approximate surface area is 111 Å². The molecule has 1 aromatic carbocycles. The zero-order valence-corrected chi connectivity index (χ0v) is 11.1. The van der Waals surface area contributed by atoms with Crippen molar-refractivity contribution in [3.8, 4) is 17.2 Å². The molecular formula is C13H17NO5. The summed E-state index contributed by atoms with van der Waals surface area (Å²) < 4.78 is 10.8. The van der Waals surface area contributed by atoms with Gasteiger partial charge in [-0.3, -0.25) is 4.79 Å². The van der Waals surface area contributed by atoms with Gasteiger partial charge in [-0.25, -0.2) is 0 Å². The summed E-state index contributed by atoms with van der Waals surface area (Å²) in [6, 6.07) is 2.58. The van der Waals surface area contributed by atoms with Crippen LogP contribution < -0.4 is 14.8 Å². The number of phenolic OH excluding ortho intramolecular Hbond substituents is 1. The fourth-order valence-electron chi connectivity index (χ4n) is 2.22. The lowest BCUT2D eigenvalue weighted by Gasteiger charge is -2.26. The standard InChI is InChI=1S/C13H17NO5/c1-13(2)12(14-10(17)6-15)11-8(16)4-7(18-3)5-9(11)19-13/h4-5,12,15-16H,6H2,1-3H3,(H,14,17). The van der Waals surface area contributed by atoms with Crippen molar-refractivity contribution in [2.45, 2.75) is 25.5 Å². The maximum Gasteiger partial charge on any atom is 0.246 e. The van der Waals surface area contributed by atoms with E-state index in [1.807, 2.05) is 0 Å². The van der Waals surface area contributed by atoms with E-state index < -0.39 is 24.2 Å². The topological polar surface area (TPSA) is 88.0 Å². The van der Waals surface area contributed by atoms with Crippen LogP contribution in [0.15, 0.2) is 12.1 Å². The van der Waals surface area contributed by atoms with Crippen molar-refractivity contribution in [1.82, 2.24) is 5.32 Å². The minimum Gasteiger partial charge on any atom is -0.507 e. The predicted octanol–water partition coefficient (Wildman–Crippen LogP) is 0.721. The lowest BCUT2D eigenvalue weighted by molar-refractivity contribution is -0.125. The van der Waals surface area contributed by atoms with Crippen LogP contribution in [-0.4, -0.2) is 35.4 Å². The number of aliphatic hydroxyl groups is 1. The second-order valence-electron chi connectivity index (χ2n) is 4.92. The fraction of sp³-hybridized carbons (Fsp3) is 0.462. The number of hydrogen-bond donors (Lipinski definition) is 3.